The SMILES string of the molecule is Cc1c(-c2nc3n(n2)C[C@@H](c2ccc(OC(F)(F)F)cc2)NC3)[nH]c2ccc(F)cc2c1=O. The second kappa shape index (κ2) is 7.69. The van der Waals surface area contributed by atoms with Gasteiger partial charge >= 0.3 is 6.36 Å². The lowest BCUT2D eigenvalue weighted by Gasteiger charge is -2.24. The van der Waals surface area contributed by atoms with Gasteiger partial charge in [-0.25, -0.2) is 14.1 Å². The second-order valence-electron chi connectivity index (χ2n) is 7.73. The van der Waals surface area contributed by atoms with E-state index >= 15 is 0 Å². The number of halogens is 4. The maximum absolute atomic E-state index is 13.6. The minimum Gasteiger partial charge on any atom is -0.406 e. The summed E-state index contributed by atoms with van der Waals surface area (Å²) in [5, 5.41) is 8.07. The molecule has 0 saturated heterocycles. The Morgan fingerprint density at radius 1 is 1.15 bits per heavy atom. The summed E-state index contributed by atoms with van der Waals surface area (Å²) in [6.07, 6.45) is -4.74. The number of benzene rings is 2. The number of pyridine rings is 1. The first-order valence-corrected chi connectivity index (χ1v) is 10.0. The van der Waals surface area contributed by atoms with E-state index in [-0.39, 0.29) is 22.6 Å². The highest BCUT2D eigenvalue weighted by Crippen LogP contribution is 2.27. The molecule has 0 saturated carbocycles. The Hall–Kier alpha value is -3.73. The molecule has 11 heteroatoms. The topological polar surface area (TPSA) is 84.8 Å². The predicted octanol–water partition coefficient (Wildman–Crippen LogP) is 3.98. The van der Waals surface area contributed by atoms with E-state index in [0.29, 0.717) is 41.5 Å². The van der Waals surface area contributed by atoms with Gasteiger partial charge in [-0.1, -0.05) is 12.1 Å². The number of hydrogen-bond donors (Lipinski definition) is 2. The van der Waals surface area contributed by atoms with Crippen molar-refractivity contribution in [3.8, 4) is 17.3 Å². The minimum absolute atomic E-state index is 0.202. The molecule has 0 bridgehead atoms. The average Bonchev–Trinajstić information content (AvgIpc) is 3.19. The maximum atomic E-state index is 13.6. The van der Waals surface area contributed by atoms with Crippen LogP contribution in [0.5, 0.6) is 5.75 Å². The minimum atomic E-state index is -4.74. The summed E-state index contributed by atoms with van der Waals surface area (Å²) < 4.78 is 56.3. The maximum Gasteiger partial charge on any atom is 0.573 e. The van der Waals surface area contributed by atoms with Crippen LogP contribution in [0.15, 0.2) is 47.3 Å². The number of alkyl halides is 3. The van der Waals surface area contributed by atoms with Gasteiger partial charge in [-0.2, -0.15) is 0 Å². The van der Waals surface area contributed by atoms with Crippen molar-refractivity contribution < 1.29 is 22.3 Å². The van der Waals surface area contributed by atoms with Gasteiger partial charge in [0, 0.05) is 10.9 Å². The number of nitrogens with zero attached hydrogens (tertiary/aromatic N) is 3. The number of ether oxygens (including phenoxy) is 1. The number of fused-ring (bicyclic) bond motifs is 2. The van der Waals surface area contributed by atoms with Gasteiger partial charge in [0.25, 0.3) is 0 Å². The molecule has 33 heavy (non-hydrogen) atoms. The Bertz CT molecular complexity index is 1410. The van der Waals surface area contributed by atoms with Gasteiger partial charge in [0.15, 0.2) is 11.3 Å². The summed E-state index contributed by atoms with van der Waals surface area (Å²) in [7, 11) is 0. The largest absolute Gasteiger partial charge is 0.573 e. The molecule has 1 aliphatic heterocycles. The normalized spacial score (nSPS) is 16.1. The first kappa shape index (κ1) is 21.1. The van der Waals surface area contributed by atoms with E-state index in [1.54, 1.807) is 23.7 Å². The average molecular weight is 459 g/mol. The van der Waals surface area contributed by atoms with Gasteiger partial charge in [-0.05, 0) is 42.8 Å². The quantitative estimate of drug-likeness (QED) is 0.453. The molecule has 5 rings (SSSR count). The van der Waals surface area contributed by atoms with E-state index in [1.165, 1.54) is 30.3 Å². The van der Waals surface area contributed by atoms with Gasteiger partial charge in [0.05, 0.1) is 30.3 Å². The fourth-order valence-corrected chi connectivity index (χ4v) is 3.92. The zero-order valence-electron chi connectivity index (χ0n) is 17.2. The van der Waals surface area contributed by atoms with Crippen LogP contribution in [0.25, 0.3) is 22.4 Å². The van der Waals surface area contributed by atoms with E-state index in [9.17, 15) is 22.4 Å². The molecule has 170 valence electrons. The van der Waals surface area contributed by atoms with Crippen molar-refractivity contribution in [2.45, 2.75) is 32.4 Å². The molecule has 2 N–H and O–H groups in total. The van der Waals surface area contributed by atoms with Gasteiger partial charge in [0.2, 0.25) is 0 Å². The second-order valence-corrected chi connectivity index (χ2v) is 7.73. The van der Waals surface area contributed by atoms with Crippen LogP contribution in [0.2, 0.25) is 0 Å². The van der Waals surface area contributed by atoms with Gasteiger partial charge < -0.3 is 15.0 Å². The van der Waals surface area contributed by atoms with Crippen molar-refractivity contribution in [2.75, 3.05) is 0 Å². The van der Waals surface area contributed by atoms with Crippen LogP contribution in [0, 0.1) is 12.7 Å². The Morgan fingerprint density at radius 3 is 2.64 bits per heavy atom. The number of H-pyrrole nitrogens is 1. The molecule has 0 unspecified atom stereocenters. The molecule has 2 aromatic heterocycles. The first-order valence-electron chi connectivity index (χ1n) is 10.0. The van der Waals surface area contributed by atoms with Gasteiger partial charge in [0.1, 0.15) is 17.4 Å². The third-order valence-corrected chi connectivity index (χ3v) is 5.55. The summed E-state index contributed by atoms with van der Waals surface area (Å²) in [4.78, 5) is 20.4. The van der Waals surface area contributed by atoms with Crippen LogP contribution in [-0.2, 0) is 13.1 Å². The number of rotatable bonds is 3. The smallest absolute Gasteiger partial charge is 0.406 e. The van der Waals surface area contributed by atoms with Crippen LogP contribution in [0.1, 0.15) is 23.0 Å². The molecule has 0 spiro atoms. The number of aromatic amines is 1. The lowest BCUT2D eigenvalue weighted by Crippen LogP contribution is -2.32. The molecule has 0 amide bonds. The van der Waals surface area contributed by atoms with Gasteiger partial charge in [-0.15, -0.1) is 18.3 Å². The number of nitrogens with one attached hydrogen (secondary N) is 2. The van der Waals surface area contributed by atoms with Crippen molar-refractivity contribution in [3.63, 3.8) is 0 Å². The highest BCUT2D eigenvalue weighted by Gasteiger charge is 2.31. The molecule has 7 nitrogen and oxygen atoms in total. The number of aromatic nitrogens is 4. The predicted molar refractivity (Wildman–Crippen MR) is 111 cm³/mol. The molecule has 4 aromatic rings. The Kier molecular flexibility index (Phi) is 4.93. The van der Waals surface area contributed by atoms with Crippen LogP contribution in [0.3, 0.4) is 0 Å². The molecular formula is C22H17F4N5O2. The van der Waals surface area contributed by atoms with Crippen molar-refractivity contribution in [3.05, 3.63) is 75.5 Å². The van der Waals surface area contributed by atoms with Crippen molar-refractivity contribution in [1.29, 1.82) is 0 Å². The summed E-state index contributed by atoms with van der Waals surface area (Å²) in [5.41, 5.74) is 1.77. The molecule has 3 heterocycles. The molecule has 1 atom stereocenters. The van der Waals surface area contributed by atoms with Crippen LogP contribution in [0.4, 0.5) is 17.6 Å². The molecule has 2 aromatic carbocycles. The Labute approximate surface area is 184 Å². The van der Waals surface area contributed by atoms with E-state index in [1.807, 2.05) is 0 Å². The standard InChI is InChI=1S/C22H17F4N5O2/c1-11-19(28-16-7-4-13(23)8-15(16)20(11)32)21-29-18-9-27-17(10-31(18)30-21)12-2-5-14(6-3-12)33-22(24,25)26/h2-8,17,27H,9-10H2,1H3,(H,28,32)/t17-/m0/s1. The van der Waals surface area contributed by atoms with Crippen molar-refractivity contribution in [1.82, 2.24) is 25.1 Å². The van der Waals surface area contributed by atoms with Crippen molar-refractivity contribution in [2.24, 2.45) is 0 Å². The van der Waals surface area contributed by atoms with E-state index in [0.717, 1.165) is 5.56 Å². The first-order chi connectivity index (χ1) is 15.7. The Morgan fingerprint density at radius 2 is 1.91 bits per heavy atom. The third-order valence-electron chi connectivity index (χ3n) is 5.55. The summed E-state index contributed by atoms with van der Waals surface area (Å²) >= 11 is 0. The summed E-state index contributed by atoms with van der Waals surface area (Å²) in [5.74, 6) is 0.201. The molecule has 0 radical (unpaired) electrons. The lowest BCUT2D eigenvalue weighted by atomic mass is 10.1. The monoisotopic (exact) mass is 459 g/mol. The highest BCUT2D eigenvalue weighted by molar-refractivity contribution is 5.82. The number of hydrogen-bond acceptors (Lipinski definition) is 5. The molecular weight excluding hydrogens is 442 g/mol. The zero-order chi connectivity index (χ0) is 23.3. The van der Waals surface area contributed by atoms with Crippen molar-refractivity contribution >= 4 is 10.9 Å². The molecule has 1 aliphatic rings. The van der Waals surface area contributed by atoms with Crippen LogP contribution in [-0.4, -0.2) is 26.1 Å². The van der Waals surface area contributed by atoms with Crippen LogP contribution < -0.4 is 15.5 Å². The fraction of sp³-hybridized carbons (Fsp3) is 0.227. The molecule has 0 fully saturated rings. The summed E-state index contributed by atoms with van der Waals surface area (Å²) in [6.45, 7) is 2.40. The van der Waals surface area contributed by atoms with E-state index in [4.69, 9.17) is 0 Å². The lowest BCUT2D eigenvalue weighted by molar-refractivity contribution is -0.274. The Balaban J connectivity index is 1.43. The fourth-order valence-electron chi connectivity index (χ4n) is 3.92. The zero-order valence-corrected chi connectivity index (χ0v) is 17.2. The van der Waals surface area contributed by atoms with E-state index in [2.05, 4.69) is 25.1 Å². The highest BCUT2D eigenvalue weighted by atomic mass is 19.4. The third kappa shape index (κ3) is 4.07. The van der Waals surface area contributed by atoms with Crippen LogP contribution >= 0.6 is 0 Å². The van der Waals surface area contributed by atoms with E-state index < -0.39 is 12.2 Å². The summed E-state index contributed by atoms with van der Waals surface area (Å²) in [6, 6.07) is 9.40. The molecule has 0 aliphatic carbocycles. The van der Waals surface area contributed by atoms with Gasteiger partial charge in [-0.3, -0.25) is 4.79 Å².